The van der Waals surface area contributed by atoms with Gasteiger partial charge in [-0.05, 0) is 6.08 Å². The fourth-order valence-electron chi connectivity index (χ4n) is 0.628. The van der Waals surface area contributed by atoms with E-state index < -0.39 is 6.23 Å². The van der Waals surface area contributed by atoms with Gasteiger partial charge in [-0.1, -0.05) is 6.08 Å². The zero-order valence-electron chi connectivity index (χ0n) is 4.32. The van der Waals surface area contributed by atoms with Gasteiger partial charge in [0.1, 0.15) is 6.23 Å². The van der Waals surface area contributed by atoms with E-state index in [0.717, 1.165) is 0 Å². The first-order chi connectivity index (χ1) is 3.84. The summed E-state index contributed by atoms with van der Waals surface area (Å²) in [7, 11) is 0. The van der Waals surface area contributed by atoms with Crippen LogP contribution in [0.1, 0.15) is 0 Å². The van der Waals surface area contributed by atoms with E-state index in [0.29, 0.717) is 13.0 Å². The van der Waals surface area contributed by atoms with Gasteiger partial charge in [0, 0.05) is 6.54 Å². The van der Waals surface area contributed by atoms with Crippen LogP contribution in [0.3, 0.4) is 0 Å². The topological polar surface area (TPSA) is 40.5 Å². The third-order valence-corrected chi connectivity index (χ3v) is 1.10. The summed E-state index contributed by atoms with van der Waals surface area (Å²) in [6.45, 7) is 0.532. The van der Waals surface area contributed by atoms with E-state index in [1.807, 2.05) is 0 Å². The lowest BCUT2D eigenvalue weighted by molar-refractivity contribution is -0.123. The van der Waals surface area contributed by atoms with Crippen molar-refractivity contribution in [2.24, 2.45) is 0 Å². The number of carbonyl (C=O) groups excluding carboxylic acids is 1. The standard InChI is InChI=1S/C5H7NO2/c7-4-6-3-1-2-5(6)8/h1-2,4-5,8H,3H2. The Kier molecular flexibility index (Phi) is 1.30. The number of aliphatic hydroxyl groups excluding tert-OH is 1. The molecule has 8 heavy (non-hydrogen) atoms. The van der Waals surface area contributed by atoms with Gasteiger partial charge in [-0.2, -0.15) is 0 Å². The highest BCUT2D eigenvalue weighted by atomic mass is 16.3. The Morgan fingerprint density at radius 1 is 1.88 bits per heavy atom. The Morgan fingerprint density at radius 2 is 2.62 bits per heavy atom. The predicted molar refractivity (Wildman–Crippen MR) is 27.9 cm³/mol. The van der Waals surface area contributed by atoms with Gasteiger partial charge in [-0.25, -0.2) is 0 Å². The molecule has 1 heterocycles. The molecule has 1 rings (SSSR count). The second kappa shape index (κ2) is 1.96. The Hall–Kier alpha value is -0.830. The molecule has 0 bridgehead atoms. The minimum atomic E-state index is -0.688. The van der Waals surface area contributed by atoms with Gasteiger partial charge < -0.3 is 10.0 Å². The van der Waals surface area contributed by atoms with Gasteiger partial charge in [0.15, 0.2) is 0 Å². The summed E-state index contributed by atoms with van der Waals surface area (Å²) in [5, 5.41) is 8.80. The lowest BCUT2D eigenvalue weighted by atomic mass is 10.5. The van der Waals surface area contributed by atoms with Crippen molar-refractivity contribution in [1.29, 1.82) is 0 Å². The Labute approximate surface area is 47.2 Å². The molecule has 0 spiro atoms. The second-order valence-corrected chi connectivity index (χ2v) is 1.64. The number of hydrogen-bond acceptors (Lipinski definition) is 2. The van der Waals surface area contributed by atoms with E-state index in [1.165, 1.54) is 4.90 Å². The van der Waals surface area contributed by atoms with Crippen molar-refractivity contribution in [2.45, 2.75) is 6.23 Å². The quantitative estimate of drug-likeness (QED) is 0.362. The molecule has 0 aromatic heterocycles. The number of rotatable bonds is 1. The van der Waals surface area contributed by atoms with E-state index in [9.17, 15) is 4.79 Å². The molecule has 1 unspecified atom stereocenters. The van der Waals surface area contributed by atoms with Crippen LogP contribution in [0.4, 0.5) is 0 Å². The molecule has 3 nitrogen and oxygen atoms in total. The van der Waals surface area contributed by atoms with Gasteiger partial charge in [0.05, 0.1) is 0 Å². The summed E-state index contributed by atoms with van der Waals surface area (Å²) in [6.07, 6.45) is 3.27. The van der Waals surface area contributed by atoms with Crippen LogP contribution in [-0.4, -0.2) is 29.2 Å². The van der Waals surface area contributed by atoms with Crippen LogP contribution in [0.2, 0.25) is 0 Å². The monoisotopic (exact) mass is 113 g/mol. The van der Waals surface area contributed by atoms with Crippen molar-refractivity contribution in [3.63, 3.8) is 0 Å². The molecule has 0 fully saturated rings. The summed E-state index contributed by atoms with van der Waals surface area (Å²) in [6, 6.07) is 0. The number of carbonyl (C=O) groups is 1. The molecule has 44 valence electrons. The molecule has 1 amide bonds. The van der Waals surface area contributed by atoms with Crippen LogP contribution < -0.4 is 0 Å². The summed E-state index contributed by atoms with van der Waals surface area (Å²) in [5.41, 5.74) is 0. The molecule has 1 N–H and O–H groups in total. The molecule has 3 heteroatoms. The summed E-state index contributed by atoms with van der Waals surface area (Å²) < 4.78 is 0. The van der Waals surface area contributed by atoms with Gasteiger partial charge in [0.25, 0.3) is 0 Å². The van der Waals surface area contributed by atoms with E-state index in [1.54, 1.807) is 12.2 Å². The third-order valence-electron chi connectivity index (χ3n) is 1.10. The van der Waals surface area contributed by atoms with E-state index in [-0.39, 0.29) is 0 Å². The molecule has 1 aliphatic heterocycles. The molecule has 0 saturated heterocycles. The fraction of sp³-hybridized carbons (Fsp3) is 0.400. The molecule has 0 aromatic rings. The number of amides is 1. The molecule has 0 aliphatic carbocycles. The highest BCUT2D eigenvalue weighted by molar-refractivity contribution is 5.49. The first kappa shape index (κ1) is 5.31. The summed E-state index contributed by atoms with van der Waals surface area (Å²) in [5.74, 6) is 0. The second-order valence-electron chi connectivity index (χ2n) is 1.64. The van der Waals surface area contributed by atoms with Crippen molar-refractivity contribution in [3.05, 3.63) is 12.2 Å². The lowest BCUT2D eigenvalue weighted by Crippen LogP contribution is -2.27. The lowest BCUT2D eigenvalue weighted by Gasteiger charge is -2.11. The molecule has 1 atom stereocenters. The predicted octanol–water partition coefficient (Wildman–Crippen LogP) is -0.667. The highest BCUT2D eigenvalue weighted by Crippen LogP contribution is 2.01. The van der Waals surface area contributed by atoms with Crippen LogP contribution in [-0.2, 0) is 4.79 Å². The smallest absolute Gasteiger partial charge is 0.212 e. The van der Waals surface area contributed by atoms with E-state index in [2.05, 4.69) is 0 Å². The average Bonchev–Trinajstić information content (AvgIpc) is 2.14. The van der Waals surface area contributed by atoms with Crippen LogP contribution in [0.15, 0.2) is 12.2 Å². The minimum absolute atomic E-state index is 0.532. The molecule has 0 aromatic carbocycles. The fourth-order valence-corrected chi connectivity index (χ4v) is 0.628. The zero-order chi connectivity index (χ0) is 5.98. The Bertz CT molecular complexity index is 122. The number of aliphatic hydroxyl groups is 1. The maximum absolute atomic E-state index is 9.94. The Morgan fingerprint density at radius 3 is 2.88 bits per heavy atom. The average molecular weight is 113 g/mol. The van der Waals surface area contributed by atoms with Crippen molar-refractivity contribution in [3.8, 4) is 0 Å². The Balaban J connectivity index is 2.50. The molecule has 1 aliphatic rings. The van der Waals surface area contributed by atoms with Crippen LogP contribution in [0.25, 0.3) is 0 Å². The number of nitrogens with zero attached hydrogens (tertiary/aromatic N) is 1. The van der Waals surface area contributed by atoms with Crippen LogP contribution in [0, 0.1) is 0 Å². The SMILES string of the molecule is O=CN1CC=CC1O. The molecular weight excluding hydrogens is 106 g/mol. The van der Waals surface area contributed by atoms with Gasteiger partial charge >= 0.3 is 0 Å². The zero-order valence-corrected chi connectivity index (χ0v) is 4.32. The first-order valence-electron chi connectivity index (χ1n) is 2.40. The van der Waals surface area contributed by atoms with Crippen molar-refractivity contribution in [2.75, 3.05) is 6.54 Å². The maximum Gasteiger partial charge on any atom is 0.212 e. The van der Waals surface area contributed by atoms with Gasteiger partial charge in [-0.3, -0.25) is 4.79 Å². The van der Waals surface area contributed by atoms with Gasteiger partial charge in [0.2, 0.25) is 6.41 Å². The molecule has 0 saturated carbocycles. The number of hydrogen-bond donors (Lipinski definition) is 1. The highest BCUT2D eigenvalue weighted by Gasteiger charge is 2.12. The minimum Gasteiger partial charge on any atom is -0.370 e. The first-order valence-corrected chi connectivity index (χ1v) is 2.40. The van der Waals surface area contributed by atoms with E-state index >= 15 is 0 Å². The normalized spacial score (nSPS) is 26.6. The summed E-state index contributed by atoms with van der Waals surface area (Å²) >= 11 is 0. The largest absolute Gasteiger partial charge is 0.370 e. The van der Waals surface area contributed by atoms with Crippen molar-refractivity contribution >= 4 is 6.41 Å². The van der Waals surface area contributed by atoms with Crippen molar-refractivity contribution in [1.82, 2.24) is 4.90 Å². The van der Waals surface area contributed by atoms with Gasteiger partial charge in [-0.15, -0.1) is 0 Å². The third kappa shape index (κ3) is 0.721. The summed E-state index contributed by atoms with van der Waals surface area (Å²) in [4.78, 5) is 11.2. The van der Waals surface area contributed by atoms with E-state index in [4.69, 9.17) is 5.11 Å². The van der Waals surface area contributed by atoms with Crippen LogP contribution >= 0.6 is 0 Å². The van der Waals surface area contributed by atoms with Crippen LogP contribution in [0.5, 0.6) is 0 Å². The maximum atomic E-state index is 9.94. The molecular formula is C5H7NO2. The molecule has 0 radical (unpaired) electrons. The van der Waals surface area contributed by atoms with Crippen molar-refractivity contribution < 1.29 is 9.90 Å².